The number of hydrogen-bond acceptors (Lipinski definition) is 4. The molecule has 0 fully saturated rings. The van der Waals surface area contributed by atoms with Gasteiger partial charge in [-0.05, 0) is 49.2 Å². The number of benzene rings is 2. The first kappa shape index (κ1) is 20.1. The topological polar surface area (TPSA) is 55.6 Å². The molecule has 0 unspecified atom stereocenters. The summed E-state index contributed by atoms with van der Waals surface area (Å²) in [7, 11) is 1.82. The van der Waals surface area contributed by atoms with E-state index in [2.05, 4.69) is 21.1 Å². The van der Waals surface area contributed by atoms with Crippen LogP contribution in [0.1, 0.15) is 28.1 Å². The molecule has 3 aromatic rings. The van der Waals surface area contributed by atoms with Gasteiger partial charge < -0.3 is 14.2 Å². The van der Waals surface area contributed by atoms with Gasteiger partial charge in [0.1, 0.15) is 18.1 Å². The molecule has 0 radical (unpaired) electrons. The highest BCUT2D eigenvalue weighted by Crippen LogP contribution is 2.18. The molecule has 0 aliphatic carbocycles. The average molecular weight is 443 g/mol. The number of likely N-dealkylation sites (N-methyl/N-ethyl adjacent to an activating group) is 1. The van der Waals surface area contributed by atoms with Crippen LogP contribution in [0.15, 0.2) is 57.5 Å². The third-order valence-electron chi connectivity index (χ3n) is 4.60. The summed E-state index contributed by atoms with van der Waals surface area (Å²) in [6.07, 6.45) is 0.358. The minimum absolute atomic E-state index is 0.0762. The molecule has 0 aliphatic heterocycles. The number of nitrogens with zero attached hydrogens (tertiary/aromatic N) is 2. The molecule has 0 atom stereocenters. The number of aromatic nitrogens is 1. The summed E-state index contributed by atoms with van der Waals surface area (Å²) >= 11 is 3.42. The van der Waals surface area contributed by atoms with Crippen molar-refractivity contribution < 1.29 is 14.1 Å². The largest absolute Gasteiger partial charge is 0.489 e. The van der Waals surface area contributed by atoms with E-state index in [1.807, 2.05) is 69.4 Å². The molecule has 2 aromatic carbocycles. The molecule has 0 aliphatic rings. The number of amides is 1. The van der Waals surface area contributed by atoms with Crippen molar-refractivity contribution in [3.8, 4) is 5.75 Å². The Labute approximate surface area is 173 Å². The summed E-state index contributed by atoms with van der Waals surface area (Å²) in [6.45, 7) is 4.77. The average Bonchev–Trinajstić information content (AvgIpc) is 3.00. The predicted octanol–water partition coefficient (Wildman–Crippen LogP) is 4.83. The SMILES string of the molecule is Cc1noc(C)c1COc1ccc(CC(=O)N(C)Cc2ccc(Br)cc2)cc1. The van der Waals surface area contributed by atoms with Crippen LogP contribution in [0.3, 0.4) is 0 Å². The third kappa shape index (κ3) is 5.23. The number of ether oxygens (including phenoxy) is 1. The molecule has 0 saturated carbocycles. The Morgan fingerprint density at radius 3 is 2.32 bits per heavy atom. The van der Waals surface area contributed by atoms with Crippen LogP contribution in [-0.2, 0) is 24.4 Å². The van der Waals surface area contributed by atoms with E-state index in [0.717, 1.165) is 38.4 Å². The van der Waals surface area contributed by atoms with Crippen LogP contribution in [0.2, 0.25) is 0 Å². The number of carbonyl (C=O) groups is 1. The molecule has 0 N–H and O–H groups in total. The van der Waals surface area contributed by atoms with E-state index < -0.39 is 0 Å². The lowest BCUT2D eigenvalue weighted by Gasteiger charge is -2.17. The van der Waals surface area contributed by atoms with Crippen molar-refractivity contribution in [2.24, 2.45) is 0 Å². The van der Waals surface area contributed by atoms with E-state index in [1.165, 1.54) is 0 Å². The van der Waals surface area contributed by atoms with Crippen LogP contribution >= 0.6 is 15.9 Å². The third-order valence-corrected chi connectivity index (χ3v) is 5.13. The van der Waals surface area contributed by atoms with Gasteiger partial charge in [-0.2, -0.15) is 0 Å². The van der Waals surface area contributed by atoms with Crippen molar-refractivity contribution in [3.05, 3.63) is 81.1 Å². The van der Waals surface area contributed by atoms with Gasteiger partial charge in [-0.15, -0.1) is 0 Å². The molecular weight excluding hydrogens is 420 g/mol. The summed E-state index contributed by atoms with van der Waals surface area (Å²) in [5, 5.41) is 3.93. The molecule has 28 heavy (non-hydrogen) atoms. The lowest BCUT2D eigenvalue weighted by atomic mass is 10.1. The first-order chi connectivity index (χ1) is 13.4. The van der Waals surface area contributed by atoms with Crippen LogP contribution in [0.25, 0.3) is 0 Å². The zero-order chi connectivity index (χ0) is 20.1. The summed E-state index contributed by atoms with van der Waals surface area (Å²) in [6, 6.07) is 15.6. The molecule has 0 spiro atoms. The molecule has 1 amide bonds. The first-order valence-electron chi connectivity index (χ1n) is 9.04. The maximum absolute atomic E-state index is 12.5. The molecule has 1 aromatic heterocycles. The number of hydrogen-bond donors (Lipinski definition) is 0. The van der Waals surface area contributed by atoms with Crippen molar-refractivity contribution in [1.29, 1.82) is 0 Å². The van der Waals surface area contributed by atoms with Gasteiger partial charge in [0.05, 0.1) is 17.7 Å². The highest BCUT2D eigenvalue weighted by atomic mass is 79.9. The molecule has 6 heteroatoms. The zero-order valence-electron chi connectivity index (χ0n) is 16.2. The van der Waals surface area contributed by atoms with E-state index in [0.29, 0.717) is 19.6 Å². The number of aryl methyl sites for hydroxylation is 2. The zero-order valence-corrected chi connectivity index (χ0v) is 17.8. The Morgan fingerprint density at radius 1 is 1.07 bits per heavy atom. The lowest BCUT2D eigenvalue weighted by Crippen LogP contribution is -2.27. The Bertz CT molecular complexity index is 914. The molecule has 0 bridgehead atoms. The van der Waals surface area contributed by atoms with Crippen molar-refractivity contribution in [2.75, 3.05) is 7.05 Å². The number of carbonyl (C=O) groups excluding carboxylic acids is 1. The van der Waals surface area contributed by atoms with E-state index >= 15 is 0 Å². The monoisotopic (exact) mass is 442 g/mol. The Balaban J connectivity index is 1.53. The van der Waals surface area contributed by atoms with E-state index in [4.69, 9.17) is 9.26 Å². The van der Waals surface area contributed by atoms with Gasteiger partial charge in [-0.25, -0.2) is 0 Å². The smallest absolute Gasteiger partial charge is 0.227 e. The molecule has 146 valence electrons. The molecule has 3 rings (SSSR count). The van der Waals surface area contributed by atoms with Gasteiger partial charge in [-0.1, -0.05) is 45.4 Å². The molecule has 5 nitrogen and oxygen atoms in total. The normalized spacial score (nSPS) is 10.7. The second kappa shape index (κ2) is 9.06. The second-order valence-electron chi connectivity index (χ2n) is 6.79. The number of rotatable bonds is 7. The van der Waals surface area contributed by atoms with Crippen molar-refractivity contribution in [3.63, 3.8) is 0 Å². The summed E-state index contributed by atoms with van der Waals surface area (Å²) in [5.74, 6) is 1.60. The predicted molar refractivity (Wildman–Crippen MR) is 111 cm³/mol. The van der Waals surface area contributed by atoms with Gasteiger partial charge in [0.15, 0.2) is 0 Å². The van der Waals surface area contributed by atoms with Crippen LogP contribution in [0.5, 0.6) is 5.75 Å². The summed E-state index contributed by atoms with van der Waals surface area (Å²) in [4.78, 5) is 14.2. The minimum Gasteiger partial charge on any atom is -0.489 e. The van der Waals surface area contributed by atoms with Crippen LogP contribution in [0, 0.1) is 13.8 Å². The fourth-order valence-electron chi connectivity index (χ4n) is 2.83. The highest BCUT2D eigenvalue weighted by molar-refractivity contribution is 9.10. The standard InChI is InChI=1S/C22H23BrN2O3/c1-15-21(16(2)28-24-15)14-27-20-10-6-17(7-11-20)12-22(26)25(3)13-18-4-8-19(23)9-5-18/h4-11H,12-14H2,1-3H3. The number of halogens is 1. The van der Waals surface area contributed by atoms with Crippen LogP contribution < -0.4 is 4.74 Å². The van der Waals surface area contributed by atoms with Crippen molar-refractivity contribution in [2.45, 2.75) is 33.4 Å². The van der Waals surface area contributed by atoms with Gasteiger partial charge in [0.25, 0.3) is 0 Å². The van der Waals surface area contributed by atoms with Gasteiger partial charge in [0.2, 0.25) is 5.91 Å². The fraction of sp³-hybridized carbons (Fsp3) is 0.273. The molecular formula is C22H23BrN2O3. The van der Waals surface area contributed by atoms with Crippen molar-refractivity contribution in [1.82, 2.24) is 10.1 Å². The maximum atomic E-state index is 12.5. The minimum atomic E-state index is 0.0762. The summed E-state index contributed by atoms with van der Waals surface area (Å²) in [5.41, 5.74) is 3.86. The van der Waals surface area contributed by atoms with Crippen LogP contribution in [-0.4, -0.2) is 23.0 Å². The molecule has 0 saturated heterocycles. The lowest BCUT2D eigenvalue weighted by molar-refractivity contribution is -0.129. The van der Waals surface area contributed by atoms with E-state index in [1.54, 1.807) is 4.90 Å². The van der Waals surface area contributed by atoms with Crippen molar-refractivity contribution >= 4 is 21.8 Å². The summed E-state index contributed by atoms with van der Waals surface area (Å²) < 4.78 is 12.0. The second-order valence-corrected chi connectivity index (χ2v) is 7.70. The van der Waals surface area contributed by atoms with E-state index in [-0.39, 0.29) is 5.91 Å². The molecule has 1 heterocycles. The fourth-order valence-corrected chi connectivity index (χ4v) is 3.09. The van der Waals surface area contributed by atoms with Crippen LogP contribution in [0.4, 0.5) is 0 Å². The highest BCUT2D eigenvalue weighted by Gasteiger charge is 2.12. The van der Waals surface area contributed by atoms with Gasteiger partial charge in [-0.3, -0.25) is 4.79 Å². The van der Waals surface area contributed by atoms with E-state index in [9.17, 15) is 4.79 Å². The first-order valence-corrected chi connectivity index (χ1v) is 9.83. The maximum Gasteiger partial charge on any atom is 0.227 e. The Morgan fingerprint density at radius 2 is 1.71 bits per heavy atom. The quantitative estimate of drug-likeness (QED) is 0.525. The Hall–Kier alpha value is -2.60. The Kier molecular flexibility index (Phi) is 6.52. The van der Waals surface area contributed by atoms with Gasteiger partial charge in [0, 0.05) is 18.1 Å². The van der Waals surface area contributed by atoms with Gasteiger partial charge >= 0.3 is 0 Å².